The minimum Gasteiger partial charge on any atom is -0.307 e. The van der Waals surface area contributed by atoms with Gasteiger partial charge in [-0.1, -0.05) is 48.5 Å². The van der Waals surface area contributed by atoms with E-state index in [9.17, 15) is 0 Å². The third kappa shape index (κ3) is 2.10. The molecule has 4 aromatic carbocycles. The molecule has 0 atom stereocenters. The molecule has 7 rings (SSSR count). The SMILES string of the molecule is Cc1ccc2c3c(F)cccc3n3c4cc(-c5ccccc5)cc5cc[n+](C)c(c1c23)c54. The Balaban J connectivity index is 1.87. The van der Waals surface area contributed by atoms with E-state index in [2.05, 4.69) is 83.7 Å². The first-order valence-electron chi connectivity index (χ1n) is 10.9. The van der Waals surface area contributed by atoms with E-state index in [1.807, 2.05) is 18.2 Å². The first-order chi connectivity index (χ1) is 15.6. The number of aryl methyl sites for hydroxylation is 2. The quantitative estimate of drug-likeness (QED) is 0.156. The largest absolute Gasteiger partial charge is 0.307 e. The summed E-state index contributed by atoms with van der Waals surface area (Å²) in [6.07, 6.45) is 2.13. The third-order valence-electron chi connectivity index (χ3n) is 6.91. The molecule has 7 aromatic rings. The molecule has 0 N–H and O–H groups in total. The fraction of sp³-hybridized carbons (Fsp3) is 0.0690. The summed E-state index contributed by atoms with van der Waals surface area (Å²) in [6.45, 7) is 2.15. The van der Waals surface area contributed by atoms with E-state index >= 15 is 4.39 Å². The summed E-state index contributed by atoms with van der Waals surface area (Å²) < 4.78 is 19.6. The van der Waals surface area contributed by atoms with Crippen molar-refractivity contribution >= 4 is 49.0 Å². The molecular formula is C29H20FN2+. The van der Waals surface area contributed by atoms with Crippen molar-refractivity contribution < 1.29 is 8.96 Å². The number of hydrogen-bond donors (Lipinski definition) is 0. The molecule has 0 fully saturated rings. The van der Waals surface area contributed by atoms with Gasteiger partial charge in [-0.2, -0.15) is 0 Å². The summed E-state index contributed by atoms with van der Waals surface area (Å²) in [5.41, 5.74) is 7.83. The minimum absolute atomic E-state index is 0.174. The van der Waals surface area contributed by atoms with Crippen LogP contribution in [0.2, 0.25) is 0 Å². The second-order valence-electron chi connectivity index (χ2n) is 8.72. The summed E-state index contributed by atoms with van der Waals surface area (Å²) in [4.78, 5) is 0. The maximum absolute atomic E-state index is 15.1. The molecule has 152 valence electrons. The van der Waals surface area contributed by atoms with Crippen LogP contribution in [-0.4, -0.2) is 4.40 Å². The maximum atomic E-state index is 15.1. The molecule has 0 radical (unpaired) electrons. The summed E-state index contributed by atoms with van der Waals surface area (Å²) in [5.74, 6) is -0.174. The van der Waals surface area contributed by atoms with Gasteiger partial charge in [0.1, 0.15) is 12.9 Å². The molecule has 0 saturated heterocycles. The van der Waals surface area contributed by atoms with Crippen molar-refractivity contribution in [1.29, 1.82) is 0 Å². The Morgan fingerprint density at radius 1 is 0.750 bits per heavy atom. The number of fused-ring (bicyclic) bond motifs is 5. The smallest absolute Gasteiger partial charge is 0.224 e. The van der Waals surface area contributed by atoms with E-state index in [0.29, 0.717) is 5.39 Å². The predicted molar refractivity (Wildman–Crippen MR) is 130 cm³/mol. The lowest BCUT2D eigenvalue weighted by Crippen LogP contribution is -2.28. The lowest BCUT2D eigenvalue weighted by atomic mass is 9.96. The van der Waals surface area contributed by atoms with Crippen LogP contribution in [0, 0.1) is 12.7 Å². The van der Waals surface area contributed by atoms with Crippen LogP contribution in [0.4, 0.5) is 4.39 Å². The average Bonchev–Trinajstić information content (AvgIpc) is 3.16. The van der Waals surface area contributed by atoms with Gasteiger partial charge in [0, 0.05) is 16.8 Å². The number of rotatable bonds is 1. The van der Waals surface area contributed by atoms with Gasteiger partial charge >= 0.3 is 0 Å². The van der Waals surface area contributed by atoms with Gasteiger partial charge in [0.05, 0.1) is 27.3 Å². The lowest BCUT2D eigenvalue weighted by molar-refractivity contribution is -0.643. The van der Waals surface area contributed by atoms with Crippen LogP contribution in [-0.2, 0) is 7.05 Å². The van der Waals surface area contributed by atoms with E-state index in [1.165, 1.54) is 32.8 Å². The molecule has 0 saturated carbocycles. The summed E-state index contributed by atoms with van der Waals surface area (Å²) in [5, 5.41) is 5.24. The minimum atomic E-state index is -0.174. The Labute approximate surface area is 184 Å². The van der Waals surface area contributed by atoms with Crippen molar-refractivity contribution in [2.45, 2.75) is 6.92 Å². The maximum Gasteiger partial charge on any atom is 0.224 e. The molecule has 0 spiro atoms. The molecule has 2 nitrogen and oxygen atoms in total. The zero-order valence-corrected chi connectivity index (χ0v) is 17.9. The van der Waals surface area contributed by atoms with E-state index in [4.69, 9.17) is 0 Å². The Bertz CT molecular complexity index is 1850. The highest BCUT2D eigenvalue weighted by atomic mass is 19.1. The summed E-state index contributed by atoms with van der Waals surface area (Å²) >= 11 is 0. The molecule has 3 aromatic heterocycles. The number of benzene rings is 4. The Morgan fingerprint density at radius 2 is 1.59 bits per heavy atom. The van der Waals surface area contributed by atoms with E-state index in [0.717, 1.165) is 27.5 Å². The van der Waals surface area contributed by atoms with Crippen molar-refractivity contribution in [1.82, 2.24) is 4.40 Å². The normalized spacial score (nSPS) is 12.2. The molecule has 0 bridgehead atoms. The standard InChI is InChI=1S/C29H20FN2/c1-17-11-12-21-27-22(30)9-6-10-23(27)32-24-16-20(18-7-4-3-5-8-18)15-19-13-14-31(2)29(26(19)24)25(17)28(21)32/h3-16H,1-2H3/q+1. The van der Waals surface area contributed by atoms with Crippen molar-refractivity contribution in [3.8, 4) is 11.1 Å². The number of pyridine rings is 2. The van der Waals surface area contributed by atoms with Crippen LogP contribution in [0.5, 0.6) is 0 Å². The predicted octanol–water partition coefficient (Wildman–Crippen LogP) is 6.93. The number of hydrogen-bond acceptors (Lipinski definition) is 0. The molecule has 0 unspecified atom stereocenters. The van der Waals surface area contributed by atoms with Crippen LogP contribution in [0.15, 0.2) is 85.1 Å². The summed E-state index contributed by atoms with van der Waals surface area (Å²) in [7, 11) is 2.10. The topological polar surface area (TPSA) is 8.29 Å². The Kier molecular flexibility index (Phi) is 3.34. The highest BCUT2D eigenvalue weighted by molar-refractivity contribution is 6.26. The van der Waals surface area contributed by atoms with Crippen LogP contribution in [0.1, 0.15) is 5.56 Å². The highest BCUT2D eigenvalue weighted by Crippen LogP contribution is 2.42. The average molecular weight is 415 g/mol. The second kappa shape index (κ2) is 6.04. The van der Waals surface area contributed by atoms with Crippen molar-refractivity contribution in [3.05, 3.63) is 96.4 Å². The fourth-order valence-electron chi connectivity index (χ4n) is 5.52. The zero-order valence-electron chi connectivity index (χ0n) is 17.9. The molecule has 0 aliphatic heterocycles. The third-order valence-corrected chi connectivity index (χ3v) is 6.91. The van der Waals surface area contributed by atoms with E-state index in [-0.39, 0.29) is 5.82 Å². The number of nitrogens with zero attached hydrogens (tertiary/aromatic N) is 2. The summed E-state index contributed by atoms with van der Waals surface area (Å²) in [6, 6.07) is 26.8. The van der Waals surface area contributed by atoms with Gasteiger partial charge in [-0.25, -0.2) is 8.96 Å². The number of aromatic nitrogens is 2. The van der Waals surface area contributed by atoms with E-state index < -0.39 is 0 Å². The van der Waals surface area contributed by atoms with Crippen molar-refractivity contribution in [2.75, 3.05) is 0 Å². The molecule has 0 aliphatic carbocycles. The van der Waals surface area contributed by atoms with Gasteiger partial charge in [0.25, 0.3) is 0 Å². The molecule has 32 heavy (non-hydrogen) atoms. The van der Waals surface area contributed by atoms with Crippen LogP contribution >= 0.6 is 0 Å². The second-order valence-corrected chi connectivity index (χ2v) is 8.72. The first-order valence-corrected chi connectivity index (χ1v) is 10.9. The van der Waals surface area contributed by atoms with Gasteiger partial charge in [0.15, 0.2) is 6.20 Å². The van der Waals surface area contributed by atoms with Crippen molar-refractivity contribution in [3.63, 3.8) is 0 Å². The molecule has 0 amide bonds. The first kappa shape index (κ1) is 17.7. The monoisotopic (exact) mass is 415 g/mol. The molecular weight excluding hydrogens is 395 g/mol. The van der Waals surface area contributed by atoms with Gasteiger partial charge in [0.2, 0.25) is 5.52 Å². The van der Waals surface area contributed by atoms with Gasteiger partial charge in [-0.05, 0) is 53.3 Å². The lowest BCUT2D eigenvalue weighted by Gasteiger charge is -2.14. The van der Waals surface area contributed by atoms with Gasteiger partial charge < -0.3 is 4.40 Å². The highest BCUT2D eigenvalue weighted by Gasteiger charge is 2.25. The molecule has 3 heteroatoms. The number of halogens is 1. The van der Waals surface area contributed by atoms with Crippen LogP contribution in [0.25, 0.3) is 60.1 Å². The molecule has 0 aliphatic rings. The Hall–Kier alpha value is -3.98. The van der Waals surface area contributed by atoms with E-state index in [1.54, 1.807) is 6.07 Å². The van der Waals surface area contributed by atoms with Crippen LogP contribution < -0.4 is 4.57 Å². The van der Waals surface area contributed by atoms with Gasteiger partial charge in [-0.15, -0.1) is 0 Å². The fourth-order valence-corrected chi connectivity index (χ4v) is 5.52. The molecule has 3 heterocycles. The van der Waals surface area contributed by atoms with Gasteiger partial charge in [-0.3, -0.25) is 0 Å². The Morgan fingerprint density at radius 3 is 2.44 bits per heavy atom. The van der Waals surface area contributed by atoms with Crippen LogP contribution in [0.3, 0.4) is 0 Å². The van der Waals surface area contributed by atoms with Crippen molar-refractivity contribution in [2.24, 2.45) is 7.05 Å². The zero-order chi connectivity index (χ0) is 21.6.